The molecule has 0 N–H and O–H groups in total. The third kappa shape index (κ3) is 2.73. The van der Waals surface area contributed by atoms with Crippen LogP contribution in [0.1, 0.15) is 30.1 Å². The highest BCUT2D eigenvalue weighted by Gasteiger charge is 2.31. The molecule has 1 amide bonds. The molecule has 2 atom stereocenters. The van der Waals surface area contributed by atoms with Gasteiger partial charge in [-0.1, -0.05) is 6.07 Å². The summed E-state index contributed by atoms with van der Waals surface area (Å²) < 4.78 is 11.2. The lowest BCUT2D eigenvalue weighted by Crippen LogP contribution is -2.50. The number of morpholine rings is 1. The van der Waals surface area contributed by atoms with E-state index in [9.17, 15) is 4.79 Å². The Labute approximate surface area is 127 Å². The second-order valence-electron chi connectivity index (χ2n) is 5.35. The Morgan fingerprint density at radius 2 is 2.29 bits per heavy atom. The molecule has 0 spiro atoms. The Balaban J connectivity index is 1.88. The lowest BCUT2D eigenvalue weighted by molar-refractivity contribution is -0.0389. The molecular weight excluding hydrogens is 288 g/mol. The van der Waals surface area contributed by atoms with Gasteiger partial charge in [0.15, 0.2) is 5.69 Å². The zero-order valence-electron chi connectivity index (χ0n) is 12.3. The number of ether oxygens (including phenoxy) is 1. The van der Waals surface area contributed by atoms with Crippen molar-refractivity contribution in [2.75, 3.05) is 13.2 Å². The van der Waals surface area contributed by atoms with E-state index in [0.29, 0.717) is 30.5 Å². The molecular formula is C15H18N2O3S. The van der Waals surface area contributed by atoms with Crippen LogP contribution in [0.25, 0.3) is 10.8 Å². The van der Waals surface area contributed by atoms with Gasteiger partial charge < -0.3 is 14.1 Å². The SMILES string of the molecule is Cc1oc(-c2cccs2)nc1C(=O)N1C[C@@H](C)OC[C@H]1C. The number of oxazole rings is 1. The first-order valence-corrected chi connectivity index (χ1v) is 7.88. The smallest absolute Gasteiger partial charge is 0.276 e. The fraction of sp³-hybridized carbons (Fsp3) is 0.467. The minimum Gasteiger partial charge on any atom is -0.440 e. The minimum absolute atomic E-state index is 0.0501. The molecule has 2 aromatic rings. The normalized spacial score (nSPS) is 22.5. The number of hydrogen-bond donors (Lipinski definition) is 0. The van der Waals surface area contributed by atoms with Crippen LogP contribution in [-0.4, -0.2) is 41.1 Å². The highest BCUT2D eigenvalue weighted by molar-refractivity contribution is 7.13. The van der Waals surface area contributed by atoms with Gasteiger partial charge in [0.25, 0.3) is 5.91 Å². The van der Waals surface area contributed by atoms with E-state index in [-0.39, 0.29) is 18.1 Å². The van der Waals surface area contributed by atoms with Crippen LogP contribution in [0.5, 0.6) is 0 Å². The molecule has 112 valence electrons. The number of thiophene rings is 1. The third-order valence-electron chi connectivity index (χ3n) is 3.60. The topological polar surface area (TPSA) is 55.6 Å². The van der Waals surface area contributed by atoms with E-state index in [1.54, 1.807) is 18.3 Å². The highest BCUT2D eigenvalue weighted by atomic mass is 32.1. The van der Waals surface area contributed by atoms with Gasteiger partial charge in [-0.2, -0.15) is 0 Å². The molecule has 0 radical (unpaired) electrons. The van der Waals surface area contributed by atoms with Crippen molar-refractivity contribution >= 4 is 17.2 Å². The molecule has 0 saturated carbocycles. The Morgan fingerprint density at radius 1 is 1.48 bits per heavy atom. The summed E-state index contributed by atoms with van der Waals surface area (Å²) >= 11 is 1.55. The van der Waals surface area contributed by atoms with Crippen LogP contribution < -0.4 is 0 Å². The molecule has 0 bridgehead atoms. The molecule has 21 heavy (non-hydrogen) atoms. The van der Waals surface area contributed by atoms with Crippen LogP contribution in [0.15, 0.2) is 21.9 Å². The maximum absolute atomic E-state index is 12.7. The van der Waals surface area contributed by atoms with Gasteiger partial charge in [-0.05, 0) is 32.2 Å². The molecule has 0 aromatic carbocycles. The first-order chi connectivity index (χ1) is 10.1. The monoisotopic (exact) mass is 306 g/mol. The van der Waals surface area contributed by atoms with Crippen molar-refractivity contribution < 1.29 is 13.9 Å². The summed E-state index contributed by atoms with van der Waals surface area (Å²) in [6.45, 7) is 6.88. The molecule has 5 nitrogen and oxygen atoms in total. The Morgan fingerprint density at radius 3 is 3.00 bits per heavy atom. The zero-order valence-corrected chi connectivity index (χ0v) is 13.1. The zero-order chi connectivity index (χ0) is 15.0. The highest BCUT2D eigenvalue weighted by Crippen LogP contribution is 2.27. The summed E-state index contributed by atoms with van der Waals surface area (Å²) in [4.78, 5) is 19.9. The van der Waals surface area contributed by atoms with E-state index >= 15 is 0 Å². The number of hydrogen-bond acceptors (Lipinski definition) is 5. The van der Waals surface area contributed by atoms with Gasteiger partial charge in [0, 0.05) is 6.54 Å². The van der Waals surface area contributed by atoms with Crippen LogP contribution in [0, 0.1) is 6.92 Å². The van der Waals surface area contributed by atoms with Crippen molar-refractivity contribution in [1.82, 2.24) is 9.88 Å². The molecule has 3 heterocycles. The lowest BCUT2D eigenvalue weighted by Gasteiger charge is -2.36. The largest absolute Gasteiger partial charge is 0.440 e. The van der Waals surface area contributed by atoms with Crippen molar-refractivity contribution in [3.63, 3.8) is 0 Å². The van der Waals surface area contributed by atoms with E-state index in [0.717, 1.165) is 4.88 Å². The number of nitrogens with zero attached hydrogens (tertiary/aromatic N) is 2. The maximum Gasteiger partial charge on any atom is 0.276 e. The van der Waals surface area contributed by atoms with Crippen molar-refractivity contribution in [3.05, 3.63) is 29.0 Å². The lowest BCUT2D eigenvalue weighted by atomic mass is 10.2. The quantitative estimate of drug-likeness (QED) is 0.856. The van der Waals surface area contributed by atoms with Gasteiger partial charge in [-0.3, -0.25) is 4.79 Å². The van der Waals surface area contributed by atoms with E-state index < -0.39 is 0 Å². The van der Waals surface area contributed by atoms with E-state index in [4.69, 9.17) is 9.15 Å². The number of carbonyl (C=O) groups is 1. The van der Waals surface area contributed by atoms with Gasteiger partial charge in [-0.25, -0.2) is 4.98 Å². The summed E-state index contributed by atoms with van der Waals surface area (Å²) in [6.07, 6.45) is 0.0501. The molecule has 1 fully saturated rings. The first kappa shape index (κ1) is 14.3. The van der Waals surface area contributed by atoms with Gasteiger partial charge in [0.2, 0.25) is 5.89 Å². The fourth-order valence-corrected chi connectivity index (χ4v) is 3.07. The average Bonchev–Trinajstić information content (AvgIpc) is 3.09. The van der Waals surface area contributed by atoms with Gasteiger partial charge in [-0.15, -0.1) is 11.3 Å². The molecule has 2 aromatic heterocycles. The Bertz CT molecular complexity index is 635. The summed E-state index contributed by atoms with van der Waals surface area (Å²) in [5.41, 5.74) is 0.402. The third-order valence-corrected chi connectivity index (χ3v) is 4.46. The van der Waals surface area contributed by atoms with Crippen LogP contribution in [0.2, 0.25) is 0 Å². The number of amides is 1. The number of carbonyl (C=O) groups excluding carboxylic acids is 1. The van der Waals surface area contributed by atoms with Crippen LogP contribution in [0.3, 0.4) is 0 Å². The Hall–Kier alpha value is -1.66. The van der Waals surface area contributed by atoms with Gasteiger partial charge in [0.05, 0.1) is 23.6 Å². The van der Waals surface area contributed by atoms with Crippen molar-refractivity contribution in [1.29, 1.82) is 0 Å². The predicted molar refractivity (Wildman–Crippen MR) is 80.5 cm³/mol. The molecule has 6 heteroatoms. The van der Waals surface area contributed by atoms with E-state index in [1.165, 1.54) is 0 Å². The minimum atomic E-state index is -0.0818. The first-order valence-electron chi connectivity index (χ1n) is 7.00. The van der Waals surface area contributed by atoms with Crippen LogP contribution in [0.4, 0.5) is 0 Å². The van der Waals surface area contributed by atoms with E-state index in [1.807, 2.05) is 36.3 Å². The summed E-state index contributed by atoms with van der Waals surface area (Å²) in [7, 11) is 0. The molecule has 0 unspecified atom stereocenters. The second-order valence-corrected chi connectivity index (χ2v) is 6.30. The molecule has 1 aliphatic rings. The number of aryl methyl sites for hydroxylation is 1. The molecule has 1 aliphatic heterocycles. The maximum atomic E-state index is 12.7. The summed E-state index contributed by atoms with van der Waals surface area (Å²) in [5.74, 6) is 0.997. The predicted octanol–water partition coefficient (Wildman–Crippen LogP) is 2.96. The average molecular weight is 306 g/mol. The van der Waals surface area contributed by atoms with Crippen LogP contribution >= 0.6 is 11.3 Å². The number of aromatic nitrogens is 1. The van der Waals surface area contributed by atoms with Gasteiger partial charge >= 0.3 is 0 Å². The fourth-order valence-electron chi connectivity index (χ4n) is 2.42. The summed E-state index contributed by atoms with van der Waals surface area (Å²) in [5, 5.41) is 1.96. The molecule has 0 aliphatic carbocycles. The number of rotatable bonds is 2. The summed E-state index contributed by atoms with van der Waals surface area (Å²) in [6, 6.07) is 3.92. The Kier molecular flexibility index (Phi) is 3.82. The second kappa shape index (κ2) is 5.61. The van der Waals surface area contributed by atoms with Gasteiger partial charge in [0.1, 0.15) is 5.76 Å². The molecule has 3 rings (SSSR count). The van der Waals surface area contributed by atoms with Crippen molar-refractivity contribution in [3.8, 4) is 10.8 Å². The standard InChI is InChI=1S/C15H18N2O3S/c1-9-8-19-10(2)7-17(9)15(18)13-11(3)20-14(16-13)12-5-4-6-21-12/h4-6,9-10H,7-8H2,1-3H3/t9-,10-/m1/s1. The van der Waals surface area contributed by atoms with Crippen molar-refractivity contribution in [2.45, 2.75) is 32.9 Å². The molecule has 1 saturated heterocycles. The van der Waals surface area contributed by atoms with E-state index in [2.05, 4.69) is 4.98 Å². The van der Waals surface area contributed by atoms with Crippen LogP contribution in [-0.2, 0) is 4.74 Å². The van der Waals surface area contributed by atoms with Crippen molar-refractivity contribution in [2.24, 2.45) is 0 Å².